The predicted molar refractivity (Wildman–Crippen MR) is 117 cm³/mol. The molecule has 4 aromatic rings. The molecule has 1 aromatic carbocycles. The van der Waals surface area contributed by atoms with Gasteiger partial charge >= 0.3 is 5.51 Å². The summed E-state index contributed by atoms with van der Waals surface area (Å²) in [6, 6.07) is 7.42. The molecule has 3 heterocycles. The van der Waals surface area contributed by atoms with Crippen LogP contribution in [0.3, 0.4) is 0 Å². The van der Waals surface area contributed by atoms with E-state index in [4.69, 9.17) is 16.3 Å². The number of halogens is 4. The van der Waals surface area contributed by atoms with Crippen LogP contribution in [0.2, 0.25) is 5.15 Å². The summed E-state index contributed by atoms with van der Waals surface area (Å²) in [5.74, 6) is 0.566. The summed E-state index contributed by atoms with van der Waals surface area (Å²) in [5, 5.41) is 3.60. The number of pyridine rings is 1. The highest BCUT2D eigenvalue weighted by atomic mass is 35.5. The second-order valence-corrected chi connectivity index (χ2v) is 9.08. The van der Waals surface area contributed by atoms with Crippen molar-refractivity contribution < 1.29 is 26.3 Å². The number of hydrogen-bond donors (Lipinski definition) is 1. The molecule has 0 unspecified atom stereocenters. The summed E-state index contributed by atoms with van der Waals surface area (Å²) in [6.45, 7) is 0.0607. The Labute approximate surface area is 196 Å². The number of benzene rings is 1. The van der Waals surface area contributed by atoms with E-state index in [0.717, 1.165) is 12.1 Å². The van der Waals surface area contributed by atoms with Gasteiger partial charge in [0.15, 0.2) is 16.6 Å². The molecule has 0 fully saturated rings. The zero-order valence-corrected chi connectivity index (χ0v) is 18.8. The molecule has 176 valence electrons. The van der Waals surface area contributed by atoms with E-state index in [-0.39, 0.29) is 29.0 Å². The zero-order valence-electron chi connectivity index (χ0n) is 17.2. The Morgan fingerprint density at radius 2 is 1.71 bits per heavy atom. The number of hydrogen-bond acceptors (Lipinski definition) is 9. The Bertz CT molecular complexity index is 1470. The number of alkyl halides is 3. The number of anilines is 2. The quantitative estimate of drug-likeness (QED) is 0.404. The summed E-state index contributed by atoms with van der Waals surface area (Å²) < 4.78 is 66.6. The average Bonchev–Trinajstić information content (AvgIpc) is 2.79. The minimum atomic E-state index is -5.45. The number of ether oxygens (including phenoxy) is 1. The lowest BCUT2D eigenvalue weighted by molar-refractivity contribution is -0.0436. The van der Waals surface area contributed by atoms with Crippen molar-refractivity contribution >= 4 is 44.0 Å². The molecule has 0 aliphatic heterocycles. The number of rotatable bonds is 6. The molecule has 34 heavy (non-hydrogen) atoms. The van der Waals surface area contributed by atoms with Crippen LogP contribution in [0, 0.1) is 0 Å². The first kappa shape index (κ1) is 23.7. The van der Waals surface area contributed by atoms with E-state index >= 15 is 0 Å². The van der Waals surface area contributed by atoms with E-state index < -0.39 is 20.2 Å². The molecule has 0 atom stereocenters. The molecule has 0 saturated carbocycles. The van der Waals surface area contributed by atoms with Gasteiger partial charge in [-0.05, 0) is 36.4 Å². The normalized spacial score (nSPS) is 12.1. The van der Waals surface area contributed by atoms with E-state index in [1.807, 2.05) is 0 Å². The maximum Gasteiger partial charge on any atom is 0.501 e. The van der Waals surface area contributed by atoms with Gasteiger partial charge in [-0.2, -0.15) is 13.2 Å². The number of fused-ring (bicyclic) bond motifs is 1. The van der Waals surface area contributed by atoms with E-state index in [1.54, 1.807) is 12.1 Å². The Kier molecular flexibility index (Phi) is 6.34. The van der Waals surface area contributed by atoms with Crippen molar-refractivity contribution in [2.24, 2.45) is 0 Å². The lowest BCUT2D eigenvalue weighted by Gasteiger charge is -2.12. The Hall–Kier alpha value is -3.42. The minimum Gasteiger partial charge on any atom is -0.377 e. The second kappa shape index (κ2) is 9.08. The summed E-state index contributed by atoms with van der Waals surface area (Å²) in [7, 11) is -3.99. The lowest BCUT2D eigenvalue weighted by atomic mass is 10.2. The third-order valence-corrected chi connectivity index (χ3v) is 6.29. The molecular formula is C20H14ClF3N6O3S. The lowest BCUT2D eigenvalue weighted by Crippen LogP contribution is -2.23. The standard InChI is InChI=1S/C20H14ClF3N6O3S/c1-33-10-15-29-18(27-11-2-4-12(5-3-11)34(31,32)20(22,23)24)13-6-7-14(28-19(13)30-15)16-17(21)26-9-8-25-16/h2-9H,10H2,1H3,(H,27,28,29,30). The van der Waals surface area contributed by atoms with Crippen LogP contribution in [0.5, 0.6) is 0 Å². The fraction of sp³-hybridized carbons (Fsp3) is 0.150. The van der Waals surface area contributed by atoms with Crippen LogP contribution in [0.15, 0.2) is 53.7 Å². The molecule has 14 heteroatoms. The molecule has 0 aliphatic carbocycles. The number of aromatic nitrogens is 5. The Balaban J connectivity index is 1.74. The first-order chi connectivity index (χ1) is 16.1. The van der Waals surface area contributed by atoms with E-state index in [1.165, 1.54) is 31.6 Å². The van der Waals surface area contributed by atoms with Crippen molar-refractivity contribution in [2.75, 3.05) is 12.4 Å². The highest BCUT2D eigenvalue weighted by Gasteiger charge is 2.46. The van der Waals surface area contributed by atoms with Crippen LogP contribution in [-0.4, -0.2) is 46.0 Å². The Morgan fingerprint density at radius 3 is 2.35 bits per heavy atom. The molecule has 1 N–H and O–H groups in total. The smallest absolute Gasteiger partial charge is 0.377 e. The fourth-order valence-corrected chi connectivity index (χ4v) is 3.92. The second-order valence-electron chi connectivity index (χ2n) is 6.78. The first-order valence-electron chi connectivity index (χ1n) is 9.42. The van der Waals surface area contributed by atoms with Gasteiger partial charge in [0.05, 0.1) is 16.0 Å². The van der Waals surface area contributed by atoms with Gasteiger partial charge in [0.25, 0.3) is 9.84 Å². The van der Waals surface area contributed by atoms with Gasteiger partial charge in [-0.3, -0.25) is 0 Å². The zero-order chi connectivity index (χ0) is 24.5. The average molecular weight is 511 g/mol. The molecule has 9 nitrogen and oxygen atoms in total. The molecule has 0 amide bonds. The monoisotopic (exact) mass is 510 g/mol. The van der Waals surface area contributed by atoms with Gasteiger partial charge < -0.3 is 10.1 Å². The molecule has 0 bridgehead atoms. The summed E-state index contributed by atoms with van der Waals surface area (Å²) in [4.78, 5) is 20.5. The minimum absolute atomic E-state index is 0.0607. The largest absolute Gasteiger partial charge is 0.501 e. The van der Waals surface area contributed by atoms with Gasteiger partial charge in [0.1, 0.15) is 18.1 Å². The topological polar surface area (TPSA) is 120 Å². The van der Waals surface area contributed by atoms with Crippen LogP contribution in [0.1, 0.15) is 5.82 Å². The van der Waals surface area contributed by atoms with E-state index in [0.29, 0.717) is 22.5 Å². The molecule has 4 rings (SSSR count). The summed E-state index contributed by atoms with van der Waals surface area (Å²) in [6.07, 6.45) is 2.91. The Morgan fingerprint density at radius 1 is 1.00 bits per heavy atom. The summed E-state index contributed by atoms with van der Waals surface area (Å²) >= 11 is 6.11. The van der Waals surface area contributed by atoms with Gasteiger partial charge in [-0.25, -0.2) is 33.3 Å². The number of nitrogens with zero attached hydrogens (tertiary/aromatic N) is 5. The fourth-order valence-electron chi connectivity index (χ4n) is 2.96. The van der Waals surface area contributed by atoms with Crippen LogP contribution in [0.25, 0.3) is 22.4 Å². The third-order valence-electron chi connectivity index (χ3n) is 4.51. The van der Waals surface area contributed by atoms with Gasteiger partial charge in [0, 0.05) is 25.2 Å². The first-order valence-corrected chi connectivity index (χ1v) is 11.3. The molecule has 3 aromatic heterocycles. The maximum absolute atomic E-state index is 12.8. The number of nitrogens with one attached hydrogen (secondary N) is 1. The number of methoxy groups -OCH3 is 1. The van der Waals surface area contributed by atoms with Crippen molar-refractivity contribution in [1.29, 1.82) is 0 Å². The van der Waals surface area contributed by atoms with E-state index in [9.17, 15) is 21.6 Å². The van der Waals surface area contributed by atoms with E-state index in [2.05, 4.69) is 30.2 Å². The van der Waals surface area contributed by atoms with Crippen LogP contribution < -0.4 is 5.32 Å². The molecule has 0 saturated heterocycles. The highest BCUT2D eigenvalue weighted by Crippen LogP contribution is 2.32. The molecule has 0 radical (unpaired) electrons. The van der Waals surface area contributed by atoms with Gasteiger partial charge in [0.2, 0.25) is 0 Å². The van der Waals surface area contributed by atoms with Crippen LogP contribution >= 0.6 is 11.6 Å². The van der Waals surface area contributed by atoms with Crippen molar-refractivity contribution in [2.45, 2.75) is 17.0 Å². The number of sulfone groups is 1. The van der Waals surface area contributed by atoms with Crippen molar-refractivity contribution in [3.05, 3.63) is 59.8 Å². The van der Waals surface area contributed by atoms with Crippen molar-refractivity contribution in [3.63, 3.8) is 0 Å². The van der Waals surface area contributed by atoms with Gasteiger partial charge in [-0.1, -0.05) is 11.6 Å². The highest BCUT2D eigenvalue weighted by molar-refractivity contribution is 7.92. The SMILES string of the molecule is COCc1nc(Nc2ccc(S(=O)(=O)C(F)(F)F)cc2)c2ccc(-c3nccnc3Cl)nc2n1. The summed E-state index contributed by atoms with van der Waals surface area (Å²) in [5.41, 5.74) is -4.05. The molecular weight excluding hydrogens is 497 g/mol. The predicted octanol–water partition coefficient (Wildman–Crippen LogP) is 4.32. The van der Waals surface area contributed by atoms with Gasteiger partial charge in [-0.15, -0.1) is 0 Å². The molecule has 0 aliphatic rings. The molecule has 0 spiro atoms. The van der Waals surface area contributed by atoms with Crippen molar-refractivity contribution in [3.8, 4) is 11.4 Å². The van der Waals surface area contributed by atoms with Crippen molar-refractivity contribution in [1.82, 2.24) is 24.9 Å². The van der Waals surface area contributed by atoms with Crippen LogP contribution in [0.4, 0.5) is 24.7 Å². The third kappa shape index (κ3) is 4.62. The maximum atomic E-state index is 12.8. The van der Waals surface area contributed by atoms with Crippen LogP contribution in [-0.2, 0) is 21.2 Å².